The molecule has 0 aliphatic heterocycles. The normalized spacial score (nSPS) is 16.4. The fourth-order valence-electron chi connectivity index (χ4n) is 2.45. The van der Waals surface area contributed by atoms with Gasteiger partial charge in [0, 0.05) is 6.54 Å². The van der Waals surface area contributed by atoms with Crippen LogP contribution in [0.3, 0.4) is 0 Å². The number of hydrogen-bond donors (Lipinski definition) is 1. The van der Waals surface area contributed by atoms with E-state index in [1.807, 2.05) is 6.07 Å². The van der Waals surface area contributed by atoms with E-state index in [9.17, 15) is 4.39 Å². The van der Waals surface area contributed by atoms with Crippen molar-refractivity contribution in [3.63, 3.8) is 0 Å². The summed E-state index contributed by atoms with van der Waals surface area (Å²) in [4.78, 5) is 0. The van der Waals surface area contributed by atoms with Crippen LogP contribution in [-0.2, 0) is 6.54 Å². The zero-order chi connectivity index (χ0) is 12.1. The quantitative estimate of drug-likeness (QED) is 0.849. The molecule has 1 aliphatic rings. The van der Waals surface area contributed by atoms with Crippen LogP contribution >= 0.6 is 0 Å². The van der Waals surface area contributed by atoms with Gasteiger partial charge < -0.3 is 10.1 Å². The predicted molar refractivity (Wildman–Crippen MR) is 66.6 cm³/mol. The van der Waals surface area contributed by atoms with Crippen molar-refractivity contribution in [3.05, 3.63) is 29.6 Å². The van der Waals surface area contributed by atoms with Gasteiger partial charge in [-0.25, -0.2) is 4.39 Å². The fourth-order valence-corrected chi connectivity index (χ4v) is 2.45. The van der Waals surface area contributed by atoms with Gasteiger partial charge in [-0.2, -0.15) is 0 Å². The van der Waals surface area contributed by atoms with Crippen LogP contribution < -0.4 is 10.1 Å². The van der Waals surface area contributed by atoms with Crippen molar-refractivity contribution < 1.29 is 9.13 Å². The molecule has 0 heterocycles. The number of benzene rings is 1. The zero-order valence-corrected chi connectivity index (χ0v) is 10.3. The summed E-state index contributed by atoms with van der Waals surface area (Å²) >= 11 is 0. The molecule has 1 aliphatic carbocycles. The van der Waals surface area contributed by atoms with Gasteiger partial charge in [-0.3, -0.25) is 0 Å². The Hall–Kier alpha value is -1.09. The molecule has 94 valence electrons. The van der Waals surface area contributed by atoms with Crippen LogP contribution in [0.25, 0.3) is 0 Å². The molecule has 2 rings (SSSR count). The number of methoxy groups -OCH3 is 1. The van der Waals surface area contributed by atoms with Gasteiger partial charge in [0.05, 0.1) is 7.11 Å². The van der Waals surface area contributed by atoms with Crippen LogP contribution in [0, 0.1) is 11.7 Å². The van der Waals surface area contributed by atoms with Crippen molar-refractivity contribution in [1.29, 1.82) is 0 Å². The first kappa shape index (κ1) is 12.4. The summed E-state index contributed by atoms with van der Waals surface area (Å²) in [6, 6.07) is 5.13. The monoisotopic (exact) mass is 237 g/mol. The predicted octanol–water partition coefficient (Wildman–Crippen LogP) is 3.11. The second-order valence-electron chi connectivity index (χ2n) is 4.75. The lowest BCUT2D eigenvalue weighted by Crippen LogP contribution is -2.20. The summed E-state index contributed by atoms with van der Waals surface area (Å²) in [5.74, 6) is 0.843. The summed E-state index contributed by atoms with van der Waals surface area (Å²) in [7, 11) is 1.48. The maximum atomic E-state index is 13.4. The average molecular weight is 237 g/mol. The zero-order valence-electron chi connectivity index (χ0n) is 10.3. The van der Waals surface area contributed by atoms with Crippen molar-refractivity contribution >= 4 is 0 Å². The summed E-state index contributed by atoms with van der Waals surface area (Å²) in [6.45, 7) is 1.78. The molecule has 0 spiro atoms. The Morgan fingerprint density at radius 2 is 2.12 bits per heavy atom. The van der Waals surface area contributed by atoms with Crippen LogP contribution in [0.4, 0.5) is 4.39 Å². The second kappa shape index (κ2) is 6.01. The highest BCUT2D eigenvalue weighted by molar-refractivity contribution is 5.29. The van der Waals surface area contributed by atoms with Gasteiger partial charge in [-0.1, -0.05) is 18.9 Å². The van der Waals surface area contributed by atoms with Gasteiger partial charge in [0.2, 0.25) is 0 Å². The molecule has 0 bridgehead atoms. The molecule has 0 saturated heterocycles. The number of hydrogen-bond acceptors (Lipinski definition) is 2. The van der Waals surface area contributed by atoms with E-state index in [4.69, 9.17) is 4.74 Å². The van der Waals surface area contributed by atoms with E-state index in [-0.39, 0.29) is 5.82 Å². The van der Waals surface area contributed by atoms with Crippen LogP contribution in [0.5, 0.6) is 5.75 Å². The highest BCUT2D eigenvalue weighted by Gasteiger charge is 2.14. The molecule has 17 heavy (non-hydrogen) atoms. The molecule has 0 amide bonds. The number of halogens is 1. The molecule has 0 aromatic heterocycles. The van der Waals surface area contributed by atoms with Gasteiger partial charge in [0.1, 0.15) is 0 Å². The van der Waals surface area contributed by atoms with Crippen molar-refractivity contribution in [2.45, 2.75) is 32.2 Å². The van der Waals surface area contributed by atoms with Crippen LogP contribution in [0.15, 0.2) is 18.2 Å². The summed E-state index contributed by atoms with van der Waals surface area (Å²) in [6.07, 6.45) is 5.40. The number of ether oxygens (including phenoxy) is 1. The Kier molecular flexibility index (Phi) is 4.37. The highest BCUT2D eigenvalue weighted by Crippen LogP contribution is 2.24. The molecule has 1 fully saturated rings. The summed E-state index contributed by atoms with van der Waals surface area (Å²) in [5.41, 5.74) is 0.973. The molecule has 0 unspecified atom stereocenters. The minimum Gasteiger partial charge on any atom is -0.494 e. The lowest BCUT2D eigenvalue weighted by atomic mass is 10.1. The third kappa shape index (κ3) is 3.43. The van der Waals surface area contributed by atoms with Gasteiger partial charge >= 0.3 is 0 Å². The molecular formula is C14H20FNO. The molecule has 1 aromatic rings. The lowest BCUT2D eigenvalue weighted by Gasteiger charge is -2.11. The van der Waals surface area contributed by atoms with Crippen LogP contribution in [-0.4, -0.2) is 13.7 Å². The van der Waals surface area contributed by atoms with Gasteiger partial charge in [-0.05, 0) is 43.0 Å². The van der Waals surface area contributed by atoms with Crippen molar-refractivity contribution in [1.82, 2.24) is 5.32 Å². The molecular weight excluding hydrogens is 217 g/mol. The van der Waals surface area contributed by atoms with E-state index in [1.54, 1.807) is 12.1 Å². The summed E-state index contributed by atoms with van der Waals surface area (Å²) < 4.78 is 18.3. The van der Waals surface area contributed by atoms with Crippen molar-refractivity contribution in [2.75, 3.05) is 13.7 Å². The molecule has 1 saturated carbocycles. The van der Waals surface area contributed by atoms with E-state index in [0.717, 1.165) is 24.6 Å². The maximum Gasteiger partial charge on any atom is 0.165 e. The van der Waals surface area contributed by atoms with E-state index in [2.05, 4.69) is 5.32 Å². The minimum atomic E-state index is -0.285. The average Bonchev–Trinajstić information content (AvgIpc) is 2.82. The number of rotatable bonds is 5. The van der Waals surface area contributed by atoms with Gasteiger partial charge in [0.15, 0.2) is 11.6 Å². The Morgan fingerprint density at radius 1 is 1.35 bits per heavy atom. The van der Waals surface area contributed by atoms with E-state index in [0.29, 0.717) is 5.75 Å². The Balaban J connectivity index is 1.80. The Morgan fingerprint density at radius 3 is 2.76 bits per heavy atom. The first-order valence-electron chi connectivity index (χ1n) is 6.32. The van der Waals surface area contributed by atoms with Crippen molar-refractivity contribution in [3.8, 4) is 5.75 Å². The standard InChI is InChI=1S/C14H20FNO/c1-17-14-7-6-12(8-13(14)15)10-16-9-11-4-2-3-5-11/h6-8,11,16H,2-5,9-10H2,1H3. The second-order valence-corrected chi connectivity index (χ2v) is 4.75. The largest absolute Gasteiger partial charge is 0.494 e. The molecule has 1 aromatic carbocycles. The first-order chi connectivity index (χ1) is 8.29. The third-order valence-corrected chi connectivity index (χ3v) is 3.45. The maximum absolute atomic E-state index is 13.4. The first-order valence-corrected chi connectivity index (χ1v) is 6.32. The summed E-state index contributed by atoms with van der Waals surface area (Å²) in [5, 5.41) is 3.40. The Labute approximate surface area is 102 Å². The van der Waals surface area contributed by atoms with E-state index in [1.165, 1.54) is 32.8 Å². The molecule has 0 radical (unpaired) electrons. The minimum absolute atomic E-state index is 0.285. The third-order valence-electron chi connectivity index (χ3n) is 3.45. The van der Waals surface area contributed by atoms with Crippen molar-refractivity contribution in [2.24, 2.45) is 5.92 Å². The van der Waals surface area contributed by atoms with Crippen LogP contribution in [0.1, 0.15) is 31.2 Å². The van der Waals surface area contributed by atoms with E-state index >= 15 is 0 Å². The topological polar surface area (TPSA) is 21.3 Å². The van der Waals surface area contributed by atoms with E-state index < -0.39 is 0 Å². The SMILES string of the molecule is COc1ccc(CNCC2CCCC2)cc1F. The molecule has 3 heteroatoms. The number of nitrogens with one attached hydrogen (secondary N) is 1. The van der Waals surface area contributed by atoms with Crippen LogP contribution in [0.2, 0.25) is 0 Å². The van der Waals surface area contributed by atoms with Gasteiger partial charge in [0.25, 0.3) is 0 Å². The smallest absolute Gasteiger partial charge is 0.165 e. The fraction of sp³-hybridized carbons (Fsp3) is 0.571. The lowest BCUT2D eigenvalue weighted by molar-refractivity contribution is 0.386. The molecule has 1 N–H and O–H groups in total. The van der Waals surface area contributed by atoms with Gasteiger partial charge in [-0.15, -0.1) is 0 Å². The Bertz CT molecular complexity index is 361. The molecule has 2 nitrogen and oxygen atoms in total. The highest BCUT2D eigenvalue weighted by atomic mass is 19.1. The molecule has 0 atom stereocenters.